The van der Waals surface area contributed by atoms with Crippen molar-refractivity contribution in [1.29, 1.82) is 0 Å². The van der Waals surface area contributed by atoms with Crippen LogP contribution in [0.1, 0.15) is 68.7 Å². The Kier molecular flexibility index (Phi) is 9.94. The monoisotopic (exact) mass is 678 g/mol. The number of benzene rings is 3. The number of carbonyl (C=O) groups is 3. The minimum Gasteiger partial charge on any atom is -0.454 e. The molecule has 2 atom stereocenters. The van der Waals surface area contributed by atoms with Gasteiger partial charge < -0.3 is 24.3 Å². The first-order chi connectivity index (χ1) is 24.0. The Morgan fingerprint density at radius 1 is 0.900 bits per heavy atom. The maximum Gasteiger partial charge on any atom is 0.419 e. The van der Waals surface area contributed by atoms with Crippen molar-refractivity contribution in [1.82, 2.24) is 19.4 Å². The molecule has 50 heavy (non-hydrogen) atoms. The molecular weight excluding hydrogens is 636 g/mol. The van der Waals surface area contributed by atoms with Gasteiger partial charge in [0.15, 0.2) is 11.5 Å². The Bertz CT molecular complexity index is 2010. The lowest BCUT2D eigenvalue weighted by Crippen LogP contribution is -2.38. The topological polar surface area (TPSA) is 123 Å². The minimum atomic E-state index is -0.674. The van der Waals surface area contributed by atoms with Gasteiger partial charge in [0.2, 0.25) is 12.7 Å². The van der Waals surface area contributed by atoms with Crippen LogP contribution in [0.25, 0.3) is 10.9 Å². The summed E-state index contributed by atoms with van der Waals surface area (Å²) in [5.74, 6) is 0.850. The van der Waals surface area contributed by atoms with Gasteiger partial charge in [-0.2, -0.15) is 0 Å². The second-order valence-electron chi connectivity index (χ2n) is 13.4. The Hall–Kier alpha value is -5.58. The number of hydrogen-bond donors (Lipinski definition) is 1. The van der Waals surface area contributed by atoms with E-state index in [1.807, 2.05) is 101 Å². The molecule has 1 aliphatic rings. The van der Waals surface area contributed by atoms with Gasteiger partial charge in [-0.15, -0.1) is 0 Å². The molecule has 11 heteroatoms. The second kappa shape index (κ2) is 14.5. The molecule has 1 aliphatic heterocycles. The zero-order chi connectivity index (χ0) is 35.4. The molecule has 3 heterocycles. The predicted molar refractivity (Wildman–Crippen MR) is 188 cm³/mol. The van der Waals surface area contributed by atoms with Crippen LogP contribution >= 0.6 is 0 Å². The van der Waals surface area contributed by atoms with Crippen molar-refractivity contribution in [3.63, 3.8) is 0 Å². The van der Waals surface area contributed by atoms with Crippen LogP contribution in [0.5, 0.6) is 11.5 Å². The number of nitrogens with zero attached hydrogens (tertiary/aromatic N) is 3. The SMILES string of the molecule is CCc1nc(CC(C(=O)N[C@H](C)Cc2cn(C(=O)OCc3ccccc3)c3ccccc23)c2ccc3c(c2)OCO3)cn1C(=O)OC(C)(C)C. The van der Waals surface area contributed by atoms with Gasteiger partial charge >= 0.3 is 12.2 Å². The van der Waals surface area contributed by atoms with E-state index in [-0.39, 0.29) is 31.8 Å². The Morgan fingerprint density at radius 3 is 2.40 bits per heavy atom. The molecule has 11 nitrogen and oxygen atoms in total. The first-order valence-electron chi connectivity index (χ1n) is 16.8. The predicted octanol–water partition coefficient (Wildman–Crippen LogP) is 7.17. The highest BCUT2D eigenvalue weighted by Crippen LogP contribution is 2.36. The summed E-state index contributed by atoms with van der Waals surface area (Å²) in [5.41, 5.74) is 3.15. The third-order valence-electron chi connectivity index (χ3n) is 8.38. The van der Waals surface area contributed by atoms with Gasteiger partial charge in [0.1, 0.15) is 18.0 Å². The van der Waals surface area contributed by atoms with Gasteiger partial charge in [-0.1, -0.05) is 61.5 Å². The largest absolute Gasteiger partial charge is 0.454 e. The Labute approximate surface area is 291 Å². The number of nitrogens with one attached hydrogen (secondary N) is 1. The van der Waals surface area contributed by atoms with Crippen molar-refractivity contribution in [2.45, 2.75) is 78.0 Å². The van der Waals surface area contributed by atoms with E-state index in [1.54, 1.807) is 18.5 Å². The lowest BCUT2D eigenvalue weighted by Gasteiger charge is -2.21. The van der Waals surface area contributed by atoms with Crippen LogP contribution in [-0.2, 0) is 40.1 Å². The minimum absolute atomic E-state index is 0.111. The first kappa shape index (κ1) is 34.3. The zero-order valence-corrected chi connectivity index (χ0v) is 29.0. The van der Waals surface area contributed by atoms with Crippen molar-refractivity contribution < 1.29 is 33.3 Å². The fourth-order valence-electron chi connectivity index (χ4n) is 6.07. The maximum atomic E-state index is 14.1. The van der Waals surface area contributed by atoms with Gasteiger partial charge in [-0.25, -0.2) is 19.1 Å². The number of carbonyl (C=O) groups excluding carboxylic acids is 3. The molecule has 5 aromatic rings. The molecule has 1 unspecified atom stereocenters. The molecule has 0 saturated heterocycles. The fourth-order valence-corrected chi connectivity index (χ4v) is 6.07. The van der Waals surface area contributed by atoms with E-state index in [4.69, 9.17) is 23.9 Å². The number of rotatable bonds is 10. The fraction of sp³-hybridized carbons (Fsp3) is 0.333. The summed E-state index contributed by atoms with van der Waals surface area (Å²) in [6, 6.07) is 22.3. The molecule has 0 aliphatic carbocycles. The average molecular weight is 679 g/mol. The van der Waals surface area contributed by atoms with Crippen LogP contribution in [-0.4, -0.2) is 50.6 Å². The summed E-state index contributed by atoms with van der Waals surface area (Å²) < 4.78 is 25.3. The number of aromatic nitrogens is 3. The standard InChI is InChI=1S/C39H42N4O7/c1-6-35-41-29(22-43(35)38(46)50-39(3,4)5)20-31(27-16-17-33-34(19-27)49-24-48-33)36(44)40-25(2)18-28-21-42(32-15-11-10-14-30(28)32)37(45)47-23-26-12-8-7-9-13-26/h7-17,19,21-22,25,31H,6,18,20,23-24H2,1-5H3,(H,40,44)/t25-,31?/m1/s1. The molecule has 6 rings (SSSR count). The van der Waals surface area contributed by atoms with Gasteiger partial charge in [0, 0.05) is 36.7 Å². The molecule has 2 aromatic heterocycles. The number of para-hydroxylation sites is 1. The van der Waals surface area contributed by atoms with Gasteiger partial charge in [0.25, 0.3) is 0 Å². The van der Waals surface area contributed by atoms with Crippen molar-refractivity contribution in [3.8, 4) is 11.5 Å². The third kappa shape index (κ3) is 7.83. The molecule has 0 radical (unpaired) electrons. The van der Waals surface area contributed by atoms with Gasteiger partial charge in [-0.3, -0.25) is 9.36 Å². The van der Waals surface area contributed by atoms with Crippen molar-refractivity contribution in [3.05, 3.63) is 113 Å². The van der Waals surface area contributed by atoms with Crippen LogP contribution in [0.2, 0.25) is 0 Å². The lowest BCUT2D eigenvalue weighted by molar-refractivity contribution is -0.123. The molecule has 0 saturated carbocycles. The van der Waals surface area contributed by atoms with E-state index in [1.165, 1.54) is 9.13 Å². The highest BCUT2D eigenvalue weighted by atomic mass is 16.7. The summed E-state index contributed by atoms with van der Waals surface area (Å²) in [6.07, 6.45) is 3.63. The van der Waals surface area contributed by atoms with E-state index in [0.29, 0.717) is 35.9 Å². The molecule has 0 spiro atoms. The van der Waals surface area contributed by atoms with Crippen LogP contribution in [0.15, 0.2) is 85.2 Å². The number of fused-ring (bicyclic) bond motifs is 2. The highest BCUT2D eigenvalue weighted by Gasteiger charge is 2.28. The number of ether oxygens (including phenoxy) is 4. The summed E-state index contributed by atoms with van der Waals surface area (Å²) >= 11 is 0. The van der Waals surface area contributed by atoms with E-state index >= 15 is 0 Å². The zero-order valence-electron chi connectivity index (χ0n) is 29.0. The van der Waals surface area contributed by atoms with E-state index in [0.717, 1.165) is 27.6 Å². The number of aryl methyl sites for hydroxylation is 1. The lowest BCUT2D eigenvalue weighted by atomic mass is 9.92. The summed E-state index contributed by atoms with van der Waals surface area (Å²) in [7, 11) is 0. The number of hydrogen-bond acceptors (Lipinski definition) is 8. The van der Waals surface area contributed by atoms with Crippen LogP contribution in [0.4, 0.5) is 9.59 Å². The van der Waals surface area contributed by atoms with Crippen molar-refractivity contribution in [2.75, 3.05) is 6.79 Å². The Balaban J connectivity index is 1.22. The molecule has 1 N–H and O–H groups in total. The van der Waals surface area contributed by atoms with Crippen LogP contribution in [0, 0.1) is 0 Å². The quantitative estimate of drug-likeness (QED) is 0.165. The molecule has 260 valence electrons. The average Bonchev–Trinajstić information content (AvgIpc) is 3.83. The second-order valence-corrected chi connectivity index (χ2v) is 13.4. The van der Waals surface area contributed by atoms with E-state index < -0.39 is 23.7 Å². The van der Waals surface area contributed by atoms with E-state index in [9.17, 15) is 14.4 Å². The molecular formula is C39H42N4O7. The van der Waals surface area contributed by atoms with Gasteiger partial charge in [-0.05, 0) is 69.0 Å². The first-order valence-corrected chi connectivity index (χ1v) is 16.8. The van der Waals surface area contributed by atoms with Crippen molar-refractivity contribution in [2.24, 2.45) is 0 Å². The smallest absolute Gasteiger partial charge is 0.419 e. The van der Waals surface area contributed by atoms with Crippen molar-refractivity contribution >= 4 is 29.0 Å². The maximum absolute atomic E-state index is 14.1. The van der Waals surface area contributed by atoms with E-state index in [2.05, 4.69) is 5.32 Å². The van der Waals surface area contributed by atoms with Crippen LogP contribution in [0.3, 0.4) is 0 Å². The molecule has 0 bridgehead atoms. The number of imidazole rings is 1. The summed E-state index contributed by atoms with van der Waals surface area (Å²) in [6.45, 7) is 9.55. The van der Waals surface area contributed by atoms with Gasteiger partial charge in [0.05, 0.1) is 17.1 Å². The summed E-state index contributed by atoms with van der Waals surface area (Å²) in [5, 5.41) is 4.09. The Morgan fingerprint density at radius 2 is 1.64 bits per heavy atom. The molecule has 3 aromatic carbocycles. The summed E-state index contributed by atoms with van der Waals surface area (Å²) in [4.78, 5) is 45.0. The molecule has 0 fully saturated rings. The highest BCUT2D eigenvalue weighted by molar-refractivity contribution is 5.92. The van der Waals surface area contributed by atoms with Crippen LogP contribution < -0.4 is 14.8 Å². The molecule has 1 amide bonds. The third-order valence-corrected chi connectivity index (χ3v) is 8.38. The normalized spacial score (nSPS) is 13.5. The number of amides is 1.